The molecule has 4 nitrogen and oxygen atoms in total. The molecule has 2 aromatic rings. The molecule has 1 atom stereocenters. The first-order valence-electron chi connectivity index (χ1n) is 9.45. The van der Waals surface area contributed by atoms with Gasteiger partial charge in [-0.25, -0.2) is 0 Å². The van der Waals surface area contributed by atoms with Gasteiger partial charge in [-0.3, -0.25) is 10.2 Å². The zero-order valence-electron chi connectivity index (χ0n) is 16.3. The highest BCUT2D eigenvalue weighted by Crippen LogP contribution is 2.45. The molecule has 1 aliphatic heterocycles. The fourth-order valence-electron chi connectivity index (χ4n) is 3.66. The lowest BCUT2D eigenvalue weighted by Crippen LogP contribution is -2.51. The van der Waals surface area contributed by atoms with Crippen molar-refractivity contribution in [3.8, 4) is 5.75 Å². The Morgan fingerprint density at radius 2 is 1.86 bits per heavy atom. The first-order chi connectivity index (χ1) is 13.1. The Morgan fingerprint density at radius 3 is 2.43 bits per heavy atom. The molecule has 0 unspecified atom stereocenters. The van der Waals surface area contributed by atoms with Crippen LogP contribution >= 0.6 is 0 Å². The van der Waals surface area contributed by atoms with Gasteiger partial charge in [-0.1, -0.05) is 43.7 Å². The normalized spacial score (nSPS) is 18.3. The van der Waals surface area contributed by atoms with Crippen LogP contribution in [0.2, 0.25) is 0 Å². The predicted molar refractivity (Wildman–Crippen MR) is 102 cm³/mol. The van der Waals surface area contributed by atoms with E-state index in [-0.39, 0.29) is 12.0 Å². The molecule has 7 heteroatoms. The molecule has 0 bridgehead atoms. The van der Waals surface area contributed by atoms with E-state index >= 15 is 0 Å². The maximum atomic E-state index is 14.2. The Hall–Kier alpha value is -2.28. The largest absolute Gasteiger partial charge is 0.493 e. The van der Waals surface area contributed by atoms with Gasteiger partial charge < -0.3 is 4.74 Å². The van der Waals surface area contributed by atoms with Crippen molar-refractivity contribution >= 4 is 16.7 Å². The molecular weight excluding hydrogens is 369 g/mol. The second-order valence-electron chi connectivity index (χ2n) is 7.74. The molecule has 0 saturated carbocycles. The fraction of sp³-hybridized carbons (Fsp3) is 0.476. The molecular formula is C21H25F3N2O2. The Kier molecular flexibility index (Phi) is 5.57. The molecule has 0 radical (unpaired) electrons. The van der Waals surface area contributed by atoms with Crippen molar-refractivity contribution in [2.24, 2.45) is 0 Å². The molecule has 152 valence electrons. The summed E-state index contributed by atoms with van der Waals surface area (Å²) in [6, 6.07) is 8.02. The number of nitrogens with zero attached hydrogens (tertiary/aromatic N) is 1. The van der Waals surface area contributed by atoms with E-state index < -0.39 is 23.7 Å². The molecule has 1 saturated heterocycles. The van der Waals surface area contributed by atoms with Gasteiger partial charge in [0.15, 0.2) is 6.04 Å². The first-order valence-corrected chi connectivity index (χ1v) is 9.45. The predicted octanol–water partition coefficient (Wildman–Crippen LogP) is 5.14. The van der Waals surface area contributed by atoms with Gasteiger partial charge in [0.05, 0.1) is 6.61 Å². The number of unbranched alkanes of at least 4 members (excludes halogenated alkanes) is 1. The number of carbonyl (C=O) groups is 1. The van der Waals surface area contributed by atoms with E-state index in [1.165, 1.54) is 6.07 Å². The number of hydrogen-bond donors (Lipinski definition) is 1. The quantitative estimate of drug-likeness (QED) is 0.690. The molecule has 0 spiro atoms. The molecule has 1 aliphatic rings. The third kappa shape index (κ3) is 3.94. The summed E-state index contributed by atoms with van der Waals surface area (Å²) in [7, 11) is 0. The first kappa shape index (κ1) is 20.5. The second-order valence-corrected chi connectivity index (χ2v) is 7.74. The molecule has 3 rings (SSSR count). The van der Waals surface area contributed by atoms with E-state index in [2.05, 4.69) is 5.43 Å². The van der Waals surface area contributed by atoms with Crippen molar-refractivity contribution in [3.63, 3.8) is 0 Å². The zero-order chi connectivity index (χ0) is 20.5. The molecule has 0 aromatic heterocycles. The number of benzene rings is 2. The summed E-state index contributed by atoms with van der Waals surface area (Å²) < 4.78 is 48.3. The third-order valence-corrected chi connectivity index (χ3v) is 5.03. The van der Waals surface area contributed by atoms with Crippen LogP contribution in [0, 0.1) is 0 Å². The highest BCUT2D eigenvalue weighted by molar-refractivity contribution is 5.91. The molecule has 0 aliphatic carbocycles. The van der Waals surface area contributed by atoms with E-state index in [4.69, 9.17) is 4.74 Å². The van der Waals surface area contributed by atoms with Gasteiger partial charge in [0.2, 0.25) is 5.91 Å². The van der Waals surface area contributed by atoms with Gasteiger partial charge in [0, 0.05) is 17.3 Å². The van der Waals surface area contributed by atoms with E-state index in [0.717, 1.165) is 17.9 Å². The number of rotatable bonds is 6. The van der Waals surface area contributed by atoms with Gasteiger partial charge in [0.25, 0.3) is 0 Å². The second kappa shape index (κ2) is 7.62. The minimum atomic E-state index is -4.57. The Balaban J connectivity index is 2.11. The molecule has 1 fully saturated rings. The number of fused-ring (bicyclic) bond motifs is 1. The van der Waals surface area contributed by atoms with Crippen LogP contribution in [-0.2, 0) is 4.79 Å². The topological polar surface area (TPSA) is 41.6 Å². The van der Waals surface area contributed by atoms with Gasteiger partial charge >= 0.3 is 6.18 Å². The smallest absolute Gasteiger partial charge is 0.409 e. The van der Waals surface area contributed by atoms with Crippen molar-refractivity contribution in [3.05, 3.63) is 42.0 Å². The lowest BCUT2D eigenvalue weighted by molar-refractivity contribution is -0.203. The molecule has 1 heterocycles. The number of carbonyl (C=O) groups excluding carboxylic acids is 1. The molecule has 1 amide bonds. The molecule has 2 aromatic carbocycles. The number of nitrogens with one attached hydrogen (secondary N) is 1. The van der Waals surface area contributed by atoms with Gasteiger partial charge in [-0.2, -0.15) is 18.2 Å². The van der Waals surface area contributed by atoms with Gasteiger partial charge in [-0.05, 0) is 37.3 Å². The maximum absolute atomic E-state index is 14.2. The highest BCUT2D eigenvalue weighted by atomic mass is 19.4. The summed E-state index contributed by atoms with van der Waals surface area (Å²) in [5.41, 5.74) is 1.55. The number of halogens is 3. The van der Waals surface area contributed by atoms with Crippen LogP contribution < -0.4 is 10.2 Å². The van der Waals surface area contributed by atoms with Crippen molar-refractivity contribution in [2.45, 2.75) is 57.8 Å². The monoisotopic (exact) mass is 394 g/mol. The fourth-order valence-corrected chi connectivity index (χ4v) is 3.66. The summed E-state index contributed by atoms with van der Waals surface area (Å²) in [6.45, 7) is 5.82. The minimum absolute atomic E-state index is 0.00965. The number of hydrazine groups is 1. The Morgan fingerprint density at radius 1 is 1.18 bits per heavy atom. The lowest BCUT2D eigenvalue weighted by Gasteiger charge is -2.38. The number of hydrogen-bond acceptors (Lipinski definition) is 3. The Labute approximate surface area is 162 Å². The molecule has 1 N–H and O–H groups in total. The molecule has 28 heavy (non-hydrogen) atoms. The standard InChI is InChI=1S/C21H25F3N2O2/c1-4-5-12-28-17-11-10-16(14-8-6-7-9-15(14)17)19(21(22,23)24)26-20(2,3)13-18(27)25-26/h6-11,19H,4-5,12-13H2,1-3H3,(H,25,27)/t19-/m0/s1. The summed E-state index contributed by atoms with van der Waals surface area (Å²) in [5.74, 6) is 0.154. The van der Waals surface area contributed by atoms with Crippen LogP contribution in [0.25, 0.3) is 10.8 Å². The average Bonchev–Trinajstić information content (AvgIpc) is 2.87. The van der Waals surface area contributed by atoms with Crippen molar-refractivity contribution in [2.75, 3.05) is 6.61 Å². The SMILES string of the molecule is CCCCOc1ccc([C@H](N2NC(=O)CC2(C)C)C(F)(F)F)c2ccccc12. The van der Waals surface area contributed by atoms with Crippen molar-refractivity contribution in [1.82, 2.24) is 10.4 Å². The third-order valence-electron chi connectivity index (χ3n) is 5.03. The maximum Gasteiger partial charge on any atom is 0.409 e. The van der Waals surface area contributed by atoms with Crippen molar-refractivity contribution < 1.29 is 22.7 Å². The summed E-state index contributed by atoms with van der Waals surface area (Å²) in [4.78, 5) is 11.9. The number of amides is 1. The summed E-state index contributed by atoms with van der Waals surface area (Å²) >= 11 is 0. The minimum Gasteiger partial charge on any atom is -0.493 e. The van der Waals surface area contributed by atoms with Gasteiger partial charge in [-0.15, -0.1) is 0 Å². The van der Waals surface area contributed by atoms with Crippen LogP contribution in [0.5, 0.6) is 5.75 Å². The highest BCUT2D eigenvalue weighted by Gasteiger charge is 2.53. The van der Waals surface area contributed by atoms with E-state index in [9.17, 15) is 18.0 Å². The number of ether oxygens (including phenoxy) is 1. The van der Waals surface area contributed by atoms with E-state index in [1.807, 2.05) is 6.92 Å². The van der Waals surface area contributed by atoms with E-state index in [0.29, 0.717) is 23.1 Å². The lowest BCUT2D eigenvalue weighted by atomic mass is 9.93. The number of alkyl halides is 3. The Bertz CT molecular complexity index is 864. The van der Waals surface area contributed by atoms with Crippen LogP contribution in [0.1, 0.15) is 51.6 Å². The summed E-state index contributed by atoms with van der Waals surface area (Å²) in [6.07, 6.45) is -2.72. The van der Waals surface area contributed by atoms with Crippen molar-refractivity contribution in [1.29, 1.82) is 0 Å². The van der Waals surface area contributed by atoms with Crippen LogP contribution in [0.4, 0.5) is 13.2 Å². The van der Waals surface area contributed by atoms with E-state index in [1.54, 1.807) is 44.2 Å². The zero-order valence-corrected chi connectivity index (χ0v) is 16.3. The van der Waals surface area contributed by atoms with Crippen LogP contribution in [-0.4, -0.2) is 29.2 Å². The average molecular weight is 394 g/mol. The summed E-state index contributed by atoms with van der Waals surface area (Å²) in [5, 5.41) is 2.14. The van der Waals surface area contributed by atoms with Crippen LogP contribution in [0.3, 0.4) is 0 Å². The van der Waals surface area contributed by atoms with Gasteiger partial charge in [0.1, 0.15) is 5.75 Å². The van der Waals surface area contributed by atoms with Crippen LogP contribution in [0.15, 0.2) is 36.4 Å².